The number of sulfone groups is 1. The number of piperidine rings is 1. The van der Waals surface area contributed by atoms with Crippen molar-refractivity contribution >= 4 is 15.8 Å². The van der Waals surface area contributed by atoms with E-state index >= 15 is 0 Å². The van der Waals surface area contributed by atoms with Gasteiger partial charge < -0.3 is 10.6 Å². The normalized spacial score (nSPS) is 20.2. The fraction of sp³-hybridized carbons (Fsp3) is 0.667. The molecule has 0 spiro atoms. The zero-order valence-corrected chi connectivity index (χ0v) is 12.1. The number of rotatable bonds is 4. The van der Waals surface area contributed by atoms with E-state index in [0.29, 0.717) is 18.2 Å². The van der Waals surface area contributed by atoms with Gasteiger partial charge in [0.05, 0.1) is 11.9 Å². The van der Waals surface area contributed by atoms with E-state index in [2.05, 4.69) is 20.6 Å². The summed E-state index contributed by atoms with van der Waals surface area (Å²) in [6.45, 7) is 4.41. The van der Waals surface area contributed by atoms with Crippen LogP contribution in [-0.4, -0.2) is 44.3 Å². The van der Waals surface area contributed by atoms with Crippen LogP contribution in [0.25, 0.3) is 0 Å². The van der Waals surface area contributed by atoms with Gasteiger partial charge in [-0.05, 0) is 26.3 Å². The molecule has 7 heteroatoms. The van der Waals surface area contributed by atoms with Crippen molar-refractivity contribution in [1.82, 2.24) is 15.3 Å². The van der Waals surface area contributed by atoms with Gasteiger partial charge in [0.2, 0.25) is 5.95 Å². The second-order valence-electron chi connectivity index (χ2n) is 4.79. The summed E-state index contributed by atoms with van der Waals surface area (Å²) in [4.78, 5) is 8.73. The van der Waals surface area contributed by atoms with Gasteiger partial charge in [0.1, 0.15) is 4.90 Å². The number of aromatic nitrogens is 2. The Labute approximate surface area is 114 Å². The number of hydrogen-bond acceptors (Lipinski definition) is 6. The van der Waals surface area contributed by atoms with Gasteiger partial charge in [0.15, 0.2) is 9.84 Å². The Bertz CT molecular complexity index is 539. The van der Waals surface area contributed by atoms with Gasteiger partial charge in [-0.15, -0.1) is 0 Å². The van der Waals surface area contributed by atoms with Crippen LogP contribution in [-0.2, 0) is 9.84 Å². The van der Waals surface area contributed by atoms with Gasteiger partial charge in [-0.2, -0.15) is 0 Å². The number of hydrogen-bond donors (Lipinski definition) is 2. The van der Waals surface area contributed by atoms with Gasteiger partial charge in [-0.3, -0.25) is 0 Å². The summed E-state index contributed by atoms with van der Waals surface area (Å²) in [5.41, 5.74) is 0.639. The van der Waals surface area contributed by atoms with E-state index in [-0.39, 0.29) is 10.8 Å². The first-order valence-corrected chi connectivity index (χ1v) is 8.43. The smallest absolute Gasteiger partial charge is 0.222 e. The largest absolute Gasteiger partial charge is 0.354 e. The van der Waals surface area contributed by atoms with Crippen LogP contribution in [0.2, 0.25) is 0 Å². The summed E-state index contributed by atoms with van der Waals surface area (Å²) in [7, 11) is -3.30. The molecular formula is C12H20N4O2S. The third-order valence-corrected chi connectivity index (χ3v) is 4.31. The summed E-state index contributed by atoms with van der Waals surface area (Å²) in [5, 5.41) is 6.32. The highest BCUT2D eigenvalue weighted by molar-refractivity contribution is 7.90. The van der Waals surface area contributed by atoms with Gasteiger partial charge in [0.25, 0.3) is 0 Å². The lowest BCUT2D eigenvalue weighted by molar-refractivity contribution is 0.448. The predicted molar refractivity (Wildman–Crippen MR) is 74.2 cm³/mol. The predicted octanol–water partition coefficient (Wildman–Crippen LogP) is 0.779. The van der Waals surface area contributed by atoms with Crippen LogP contribution in [0.5, 0.6) is 0 Å². The maximum Gasteiger partial charge on any atom is 0.222 e. The maximum absolute atomic E-state index is 11.8. The summed E-state index contributed by atoms with van der Waals surface area (Å²) in [6.07, 6.45) is 4.62. The van der Waals surface area contributed by atoms with Crippen LogP contribution < -0.4 is 10.6 Å². The summed E-state index contributed by atoms with van der Waals surface area (Å²) >= 11 is 0. The molecule has 0 bridgehead atoms. The molecule has 0 aromatic carbocycles. The Morgan fingerprint density at radius 2 is 2.32 bits per heavy atom. The van der Waals surface area contributed by atoms with Crippen LogP contribution >= 0.6 is 0 Å². The maximum atomic E-state index is 11.8. The Morgan fingerprint density at radius 1 is 1.53 bits per heavy atom. The molecule has 0 amide bonds. The molecule has 1 aliphatic rings. The molecule has 1 unspecified atom stereocenters. The van der Waals surface area contributed by atoms with Crippen molar-refractivity contribution in [2.24, 2.45) is 0 Å². The molecule has 0 radical (unpaired) electrons. The quantitative estimate of drug-likeness (QED) is 0.850. The van der Waals surface area contributed by atoms with Crippen LogP contribution in [0.1, 0.15) is 31.4 Å². The Balaban J connectivity index is 2.43. The average Bonchev–Trinajstić information content (AvgIpc) is 2.39. The van der Waals surface area contributed by atoms with Crippen molar-refractivity contribution in [3.8, 4) is 0 Å². The molecule has 0 saturated carbocycles. The van der Waals surface area contributed by atoms with E-state index in [1.807, 2.05) is 6.92 Å². The third kappa shape index (κ3) is 3.42. The number of anilines is 1. The summed E-state index contributed by atoms with van der Waals surface area (Å²) in [6, 6.07) is 0. The second-order valence-corrected chi connectivity index (χ2v) is 6.77. The topological polar surface area (TPSA) is 84.0 Å². The van der Waals surface area contributed by atoms with Crippen molar-refractivity contribution in [2.45, 2.75) is 30.6 Å². The highest BCUT2D eigenvalue weighted by atomic mass is 32.2. The molecule has 2 heterocycles. The molecule has 1 aromatic rings. The SMILES string of the molecule is CCNc1ncc(S(C)(=O)=O)c(C2CCCNC2)n1. The highest BCUT2D eigenvalue weighted by Gasteiger charge is 2.25. The molecule has 2 rings (SSSR count). The molecule has 1 aromatic heterocycles. The molecule has 6 nitrogen and oxygen atoms in total. The number of nitrogens with one attached hydrogen (secondary N) is 2. The molecule has 1 aliphatic heterocycles. The van der Waals surface area contributed by atoms with Crippen molar-refractivity contribution in [3.05, 3.63) is 11.9 Å². The van der Waals surface area contributed by atoms with E-state index in [1.165, 1.54) is 12.5 Å². The average molecular weight is 284 g/mol. The van der Waals surface area contributed by atoms with E-state index in [4.69, 9.17) is 0 Å². The molecule has 1 saturated heterocycles. The summed E-state index contributed by atoms with van der Waals surface area (Å²) in [5.74, 6) is 0.634. The molecule has 1 fully saturated rings. The van der Waals surface area contributed by atoms with Crippen molar-refractivity contribution in [3.63, 3.8) is 0 Å². The number of nitrogens with zero attached hydrogens (tertiary/aromatic N) is 2. The zero-order chi connectivity index (χ0) is 13.9. The fourth-order valence-electron chi connectivity index (χ4n) is 2.29. The van der Waals surface area contributed by atoms with Crippen molar-refractivity contribution in [2.75, 3.05) is 31.2 Å². The second kappa shape index (κ2) is 5.83. The molecule has 2 N–H and O–H groups in total. The zero-order valence-electron chi connectivity index (χ0n) is 11.3. The Morgan fingerprint density at radius 3 is 2.89 bits per heavy atom. The standard InChI is InChI=1S/C12H20N4O2S/c1-3-14-12-15-8-10(19(2,17)18)11(16-12)9-5-4-6-13-7-9/h8-9,13H,3-7H2,1-2H3,(H,14,15,16). The lowest BCUT2D eigenvalue weighted by atomic mass is 9.96. The third-order valence-electron chi connectivity index (χ3n) is 3.20. The molecule has 19 heavy (non-hydrogen) atoms. The van der Waals surface area contributed by atoms with E-state index in [1.54, 1.807) is 0 Å². The molecule has 106 valence electrons. The first kappa shape index (κ1) is 14.2. The van der Waals surface area contributed by atoms with Gasteiger partial charge >= 0.3 is 0 Å². The minimum atomic E-state index is -3.30. The Kier molecular flexibility index (Phi) is 4.36. The Hall–Kier alpha value is -1.21. The van der Waals surface area contributed by atoms with Gasteiger partial charge in [-0.1, -0.05) is 0 Å². The lowest BCUT2D eigenvalue weighted by Gasteiger charge is -2.24. The van der Waals surface area contributed by atoms with Crippen LogP contribution in [0.3, 0.4) is 0 Å². The van der Waals surface area contributed by atoms with Gasteiger partial charge in [-0.25, -0.2) is 18.4 Å². The van der Waals surface area contributed by atoms with Gasteiger partial charge in [0, 0.05) is 25.3 Å². The summed E-state index contributed by atoms with van der Waals surface area (Å²) < 4.78 is 23.7. The van der Waals surface area contributed by atoms with Crippen LogP contribution in [0.4, 0.5) is 5.95 Å². The molecule has 0 aliphatic carbocycles. The lowest BCUT2D eigenvalue weighted by Crippen LogP contribution is -2.30. The first-order valence-electron chi connectivity index (χ1n) is 6.54. The van der Waals surface area contributed by atoms with E-state index < -0.39 is 9.84 Å². The molecular weight excluding hydrogens is 264 g/mol. The van der Waals surface area contributed by atoms with Crippen LogP contribution in [0, 0.1) is 0 Å². The van der Waals surface area contributed by atoms with E-state index in [0.717, 1.165) is 25.9 Å². The minimum absolute atomic E-state index is 0.138. The molecule has 1 atom stereocenters. The van der Waals surface area contributed by atoms with Crippen molar-refractivity contribution < 1.29 is 8.42 Å². The minimum Gasteiger partial charge on any atom is -0.354 e. The van der Waals surface area contributed by atoms with Crippen molar-refractivity contribution in [1.29, 1.82) is 0 Å². The monoisotopic (exact) mass is 284 g/mol. The first-order chi connectivity index (χ1) is 9.02. The van der Waals surface area contributed by atoms with E-state index in [9.17, 15) is 8.42 Å². The fourth-order valence-corrected chi connectivity index (χ4v) is 3.13. The highest BCUT2D eigenvalue weighted by Crippen LogP contribution is 2.27. The van der Waals surface area contributed by atoms with Crippen LogP contribution in [0.15, 0.2) is 11.1 Å².